The Hall–Kier alpha value is -0.350. The van der Waals surface area contributed by atoms with Gasteiger partial charge in [-0.2, -0.15) is 5.10 Å². The first-order valence-corrected chi connectivity index (χ1v) is 7.19. The lowest BCUT2D eigenvalue weighted by Crippen LogP contribution is -2.42. The zero-order valence-electron chi connectivity index (χ0n) is 11.4. The Bertz CT molecular complexity index is 373. The van der Waals surface area contributed by atoms with Crippen molar-refractivity contribution in [1.29, 1.82) is 0 Å². The molecule has 4 heteroatoms. The lowest BCUT2D eigenvalue weighted by Gasteiger charge is -2.28. The van der Waals surface area contributed by atoms with Crippen molar-refractivity contribution in [3.05, 3.63) is 15.9 Å². The summed E-state index contributed by atoms with van der Waals surface area (Å²) >= 11 is 3.61. The summed E-state index contributed by atoms with van der Waals surface area (Å²) in [6, 6.07) is 0. The molecule has 3 nitrogen and oxygen atoms in total. The molecule has 1 aromatic heterocycles. The van der Waals surface area contributed by atoms with E-state index < -0.39 is 0 Å². The normalized spacial score (nSPS) is 14.9. The van der Waals surface area contributed by atoms with Crippen molar-refractivity contribution in [2.45, 2.75) is 58.4 Å². The zero-order chi connectivity index (χ0) is 13.1. The molecule has 0 radical (unpaired) electrons. The second-order valence-corrected chi connectivity index (χ2v) is 5.76. The van der Waals surface area contributed by atoms with Crippen LogP contribution in [0.3, 0.4) is 0 Å². The van der Waals surface area contributed by atoms with Crippen molar-refractivity contribution in [3.8, 4) is 0 Å². The van der Waals surface area contributed by atoms with Crippen LogP contribution in [-0.2, 0) is 13.5 Å². The molecule has 1 atom stereocenters. The van der Waals surface area contributed by atoms with Crippen LogP contribution in [0.15, 0.2) is 4.47 Å². The number of rotatable bonds is 6. The van der Waals surface area contributed by atoms with Gasteiger partial charge in [-0.05, 0) is 35.7 Å². The lowest BCUT2D eigenvalue weighted by molar-refractivity contribution is 0.356. The molecule has 0 aliphatic rings. The monoisotopic (exact) mass is 301 g/mol. The van der Waals surface area contributed by atoms with Gasteiger partial charge in [0.2, 0.25) is 0 Å². The maximum Gasteiger partial charge on any atom is 0.0738 e. The maximum absolute atomic E-state index is 6.50. The van der Waals surface area contributed by atoms with Gasteiger partial charge in [-0.1, -0.05) is 26.7 Å². The molecule has 2 N–H and O–H groups in total. The predicted octanol–water partition coefficient (Wildman–Crippen LogP) is 3.33. The molecule has 0 aliphatic carbocycles. The van der Waals surface area contributed by atoms with E-state index >= 15 is 0 Å². The average Bonchev–Trinajstić information content (AvgIpc) is 2.53. The summed E-state index contributed by atoms with van der Waals surface area (Å²) in [5, 5.41) is 4.42. The second kappa shape index (κ2) is 6.01. The van der Waals surface area contributed by atoms with E-state index in [1.165, 1.54) is 18.5 Å². The fourth-order valence-electron chi connectivity index (χ4n) is 2.12. The highest BCUT2D eigenvalue weighted by Gasteiger charge is 2.26. The fraction of sp³-hybridized carbons (Fsp3) is 0.769. The molecule has 17 heavy (non-hydrogen) atoms. The Labute approximate surface area is 113 Å². The van der Waals surface area contributed by atoms with Crippen LogP contribution in [0.4, 0.5) is 0 Å². The van der Waals surface area contributed by atoms with Gasteiger partial charge in [-0.3, -0.25) is 4.68 Å². The minimum Gasteiger partial charge on any atom is -0.325 e. The van der Waals surface area contributed by atoms with E-state index in [-0.39, 0.29) is 5.54 Å². The second-order valence-electron chi connectivity index (χ2n) is 4.97. The van der Waals surface area contributed by atoms with Crippen molar-refractivity contribution in [1.82, 2.24) is 9.78 Å². The van der Waals surface area contributed by atoms with Crippen LogP contribution in [0, 0.1) is 6.92 Å². The molecule has 0 fully saturated rings. The van der Waals surface area contributed by atoms with E-state index in [4.69, 9.17) is 5.73 Å². The van der Waals surface area contributed by atoms with Crippen LogP contribution in [0.1, 0.15) is 50.9 Å². The van der Waals surface area contributed by atoms with Gasteiger partial charge in [0.15, 0.2) is 0 Å². The predicted molar refractivity (Wildman–Crippen MR) is 76.1 cm³/mol. The van der Waals surface area contributed by atoms with E-state index in [9.17, 15) is 0 Å². The zero-order valence-corrected chi connectivity index (χ0v) is 13.0. The highest BCUT2D eigenvalue weighted by molar-refractivity contribution is 9.10. The van der Waals surface area contributed by atoms with Crippen molar-refractivity contribution >= 4 is 15.9 Å². The summed E-state index contributed by atoms with van der Waals surface area (Å²) in [5.74, 6) is 0. The molecule has 1 unspecified atom stereocenters. The molecule has 1 aromatic rings. The number of hydrogen-bond donors (Lipinski definition) is 1. The number of hydrogen-bond acceptors (Lipinski definition) is 2. The molecule has 1 rings (SSSR count). The first-order chi connectivity index (χ1) is 7.93. The summed E-state index contributed by atoms with van der Waals surface area (Å²) < 4.78 is 3.06. The van der Waals surface area contributed by atoms with E-state index in [2.05, 4.69) is 34.9 Å². The third kappa shape index (κ3) is 3.55. The first-order valence-electron chi connectivity index (χ1n) is 6.40. The Kier molecular flexibility index (Phi) is 5.20. The highest BCUT2D eigenvalue weighted by Crippen LogP contribution is 2.27. The van der Waals surface area contributed by atoms with Crippen LogP contribution >= 0.6 is 15.9 Å². The number of halogens is 1. The smallest absolute Gasteiger partial charge is 0.0738 e. The molecule has 0 spiro atoms. The van der Waals surface area contributed by atoms with Crippen LogP contribution < -0.4 is 5.73 Å². The molecule has 1 heterocycles. The van der Waals surface area contributed by atoms with Gasteiger partial charge in [-0.15, -0.1) is 0 Å². The average molecular weight is 302 g/mol. The van der Waals surface area contributed by atoms with Crippen LogP contribution in [0.25, 0.3) is 0 Å². The summed E-state index contributed by atoms with van der Waals surface area (Å²) in [4.78, 5) is 0. The third-order valence-electron chi connectivity index (χ3n) is 3.51. The first kappa shape index (κ1) is 14.7. The van der Waals surface area contributed by atoms with Crippen molar-refractivity contribution in [2.75, 3.05) is 0 Å². The summed E-state index contributed by atoms with van der Waals surface area (Å²) in [5.41, 5.74) is 8.65. The van der Waals surface area contributed by atoms with E-state index in [1.54, 1.807) is 0 Å². The van der Waals surface area contributed by atoms with Gasteiger partial charge in [0.25, 0.3) is 0 Å². The van der Waals surface area contributed by atoms with Crippen LogP contribution in [0.5, 0.6) is 0 Å². The summed E-state index contributed by atoms with van der Waals surface area (Å²) in [6.07, 6.45) is 5.37. The maximum atomic E-state index is 6.50. The van der Waals surface area contributed by atoms with Crippen LogP contribution in [0.2, 0.25) is 0 Å². The number of nitrogens with two attached hydrogens (primary N) is 1. The van der Waals surface area contributed by atoms with Gasteiger partial charge in [0.1, 0.15) is 0 Å². The number of unbranched alkanes of at least 4 members (excludes halogenated alkanes) is 1. The Morgan fingerprint density at radius 2 is 2.06 bits per heavy atom. The highest BCUT2D eigenvalue weighted by atomic mass is 79.9. The quantitative estimate of drug-likeness (QED) is 0.876. The number of aromatic nitrogens is 2. The number of aryl methyl sites for hydroxylation is 2. The van der Waals surface area contributed by atoms with Gasteiger partial charge < -0.3 is 5.73 Å². The molecule has 0 bridgehead atoms. The SMILES string of the molecule is CCCCC(N)(CC)Cc1c(Br)c(C)nn1C. The van der Waals surface area contributed by atoms with E-state index in [0.717, 1.165) is 29.4 Å². The van der Waals surface area contributed by atoms with Gasteiger partial charge in [0.05, 0.1) is 15.9 Å². The Balaban J connectivity index is 2.86. The van der Waals surface area contributed by atoms with E-state index in [1.807, 2.05) is 18.7 Å². The topological polar surface area (TPSA) is 43.8 Å². The third-order valence-corrected chi connectivity index (χ3v) is 4.55. The molecule has 0 saturated carbocycles. The molecule has 0 aliphatic heterocycles. The lowest BCUT2D eigenvalue weighted by atomic mass is 9.86. The largest absolute Gasteiger partial charge is 0.325 e. The summed E-state index contributed by atoms with van der Waals surface area (Å²) in [7, 11) is 1.99. The van der Waals surface area contributed by atoms with Crippen molar-refractivity contribution in [2.24, 2.45) is 12.8 Å². The standard InChI is InChI=1S/C13H24BrN3/c1-5-7-8-13(15,6-2)9-11-12(14)10(3)16-17(11)4/h5-9,15H2,1-4H3. The molecule has 98 valence electrons. The van der Waals surface area contributed by atoms with Crippen LogP contribution in [-0.4, -0.2) is 15.3 Å². The Morgan fingerprint density at radius 1 is 1.41 bits per heavy atom. The van der Waals surface area contributed by atoms with Crippen molar-refractivity contribution in [3.63, 3.8) is 0 Å². The van der Waals surface area contributed by atoms with Crippen molar-refractivity contribution < 1.29 is 0 Å². The Morgan fingerprint density at radius 3 is 2.47 bits per heavy atom. The van der Waals surface area contributed by atoms with Gasteiger partial charge >= 0.3 is 0 Å². The minimum absolute atomic E-state index is 0.0984. The number of nitrogens with zero attached hydrogens (tertiary/aromatic N) is 2. The minimum atomic E-state index is -0.0984. The fourth-order valence-corrected chi connectivity index (χ4v) is 2.60. The van der Waals surface area contributed by atoms with E-state index in [0.29, 0.717) is 0 Å². The molecular weight excluding hydrogens is 278 g/mol. The molecule has 0 saturated heterocycles. The molecule has 0 amide bonds. The van der Waals surface area contributed by atoms with Gasteiger partial charge in [0, 0.05) is 19.0 Å². The van der Waals surface area contributed by atoms with Gasteiger partial charge in [-0.25, -0.2) is 0 Å². The molecular formula is C13H24BrN3. The summed E-state index contributed by atoms with van der Waals surface area (Å²) in [6.45, 7) is 6.40. The molecule has 0 aromatic carbocycles.